The Labute approximate surface area is 128 Å². The standard InChI is InChI=1S/C15H19N3O4/c1-20-8-9-5-4-6-10(13(9)16)14(19)15-17-11(21-2)7-12(18-15)22-3/h4-7,14,19H,8,16H2,1-3H3. The molecule has 0 spiro atoms. The Bertz CT molecular complexity index is 626. The molecule has 1 atom stereocenters. The first-order chi connectivity index (χ1) is 10.6. The fourth-order valence-corrected chi connectivity index (χ4v) is 2.04. The van der Waals surface area contributed by atoms with Crippen LogP contribution in [0.2, 0.25) is 0 Å². The first-order valence-corrected chi connectivity index (χ1v) is 6.62. The highest BCUT2D eigenvalue weighted by Gasteiger charge is 2.20. The second kappa shape index (κ2) is 7.06. The number of hydrogen-bond donors (Lipinski definition) is 2. The SMILES string of the molecule is COCc1cccc(C(O)c2nc(OC)cc(OC)n2)c1N. The van der Waals surface area contributed by atoms with Gasteiger partial charge in [-0.2, -0.15) is 9.97 Å². The number of aromatic nitrogens is 2. The third-order valence-electron chi connectivity index (χ3n) is 3.18. The van der Waals surface area contributed by atoms with Gasteiger partial charge in [0.25, 0.3) is 0 Å². The summed E-state index contributed by atoms with van der Waals surface area (Å²) in [6, 6.07) is 6.87. The van der Waals surface area contributed by atoms with Crippen LogP contribution in [0.25, 0.3) is 0 Å². The highest BCUT2D eigenvalue weighted by Crippen LogP contribution is 2.29. The molecule has 0 saturated carbocycles. The summed E-state index contributed by atoms with van der Waals surface area (Å²) in [6.45, 7) is 0.356. The summed E-state index contributed by atoms with van der Waals surface area (Å²) in [5, 5.41) is 10.5. The Morgan fingerprint density at radius 3 is 2.32 bits per heavy atom. The number of aliphatic hydroxyl groups is 1. The highest BCUT2D eigenvalue weighted by atomic mass is 16.5. The van der Waals surface area contributed by atoms with E-state index in [4.69, 9.17) is 19.9 Å². The Balaban J connectivity index is 2.43. The average molecular weight is 305 g/mol. The lowest BCUT2D eigenvalue weighted by atomic mass is 10.0. The van der Waals surface area contributed by atoms with Gasteiger partial charge in [0.1, 0.15) is 6.10 Å². The van der Waals surface area contributed by atoms with Gasteiger partial charge in [-0.3, -0.25) is 0 Å². The normalized spacial score (nSPS) is 12.0. The number of nitrogens with zero attached hydrogens (tertiary/aromatic N) is 2. The molecule has 22 heavy (non-hydrogen) atoms. The number of aliphatic hydroxyl groups excluding tert-OH is 1. The van der Waals surface area contributed by atoms with Crippen LogP contribution in [0.3, 0.4) is 0 Å². The summed E-state index contributed by atoms with van der Waals surface area (Å²) in [7, 11) is 4.54. The molecule has 7 heteroatoms. The van der Waals surface area contributed by atoms with E-state index in [1.54, 1.807) is 19.2 Å². The van der Waals surface area contributed by atoms with Crippen molar-refractivity contribution in [3.63, 3.8) is 0 Å². The van der Waals surface area contributed by atoms with Crippen molar-refractivity contribution in [1.29, 1.82) is 0 Å². The number of para-hydroxylation sites is 1. The molecular weight excluding hydrogens is 286 g/mol. The fraction of sp³-hybridized carbons (Fsp3) is 0.333. The van der Waals surface area contributed by atoms with Crippen molar-refractivity contribution < 1.29 is 19.3 Å². The first-order valence-electron chi connectivity index (χ1n) is 6.62. The lowest BCUT2D eigenvalue weighted by molar-refractivity contribution is 0.184. The van der Waals surface area contributed by atoms with Gasteiger partial charge in [0.15, 0.2) is 5.82 Å². The maximum atomic E-state index is 10.5. The predicted molar refractivity (Wildman–Crippen MR) is 80.8 cm³/mol. The van der Waals surface area contributed by atoms with Gasteiger partial charge in [0, 0.05) is 23.9 Å². The molecule has 1 heterocycles. The third kappa shape index (κ3) is 3.26. The van der Waals surface area contributed by atoms with Crippen molar-refractivity contribution in [1.82, 2.24) is 9.97 Å². The Kier molecular flexibility index (Phi) is 5.13. The van der Waals surface area contributed by atoms with E-state index in [1.165, 1.54) is 20.3 Å². The Morgan fingerprint density at radius 2 is 1.77 bits per heavy atom. The molecule has 118 valence electrons. The summed E-state index contributed by atoms with van der Waals surface area (Å²) in [5.74, 6) is 0.748. The van der Waals surface area contributed by atoms with E-state index in [9.17, 15) is 5.11 Å². The van der Waals surface area contributed by atoms with Crippen molar-refractivity contribution in [3.8, 4) is 11.8 Å². The van der Waals surface area contributed by atoms with E-state index in [-0.39, 0.29) is 5.82 Å². The van der Waals surface area contributed by atoms with Crippen molar-refractivity contribution in [2.45, 2.75) is 12.7 Å². The van der Waals surface area contributed by atoms with Crippen molar-refractivity contribution in [2.75, 3.05) is 27.1 Å². The molecule has 2 aromatic rings. The quantitative estimate of drug-likeness (QED) is 0.776. The number of nitrogen functional groups attached to an aromatic ring is 1. The van der Waals surface area contributed by atoms with Crippen molar-refractivity contribution >= 4 is 5.69 Å². The van der Waals surface area contributed by atoms with E-state index in [2.05, 4.69) is 9.97 Å². The molecule has 0 radical (unpaired) electrons. The molecule has 0 aliphatic rings. The molecule has 0 aliphatic carbocycles. The third-order valence-corrected chi connectivity index (χ3v) is 3.18. The average Bonchev–Trinajstić information content (AvgIpc) is 2.55. The number of anilines is 1. The van der Waals surface area contributed by atoms with Crippen LogP contribution >= 0.6 is 0 Å². The smallest absolute Gasteiger partial charge is 0.220 e. The second-order valence-electron chi connectivity index (χ2n) is 4.57. The van der Waals surface area contributed by atoms with Gasteiger partial charge < -0.3 is 25.1 Å². The predicted octanol–water partition coefficient (Wildman–Crippen LogP) is 1.30. The molecule has 0 amide bonds. The Hall–Kier alpha value is -2.38. The lowest BCUT2D eigenvalue weighted by Crippen LogP contribution is -2.11. The van der Waals surface area contributed by atoms with Crippen molar-refractivity contribution in [2.24, 2.45) is 0 Å². The topological polar surface area (TPSA) is 99.7 Å². The molecule has 0 fully saturated rings. The second-order valence-corrected chi connectivity index (χ2v) is 4.57. The van der Waals surface area contributed by atoms with Crippen LogP contribution < -0.4 is 15.2 Å². The van der Waals surface area contributed by atoms with E-state index in [0.29, 0.717) is 29.6 Å². The van der Waals surface area contributed by atoms with Crippen LogP contribution in [0.1, 0.15) is 23.1 Å². The van der Waals surface area contributed by atoms with E-state index in [0.717, 1.165) is 5.56 Å². The summed E-state index contributed by atoms with van der Waals surface area (Å²) in [5.41, 5.74) is 7.83. The molecule has 1 unspecified atom stereocenters. The molecule has 0 bridgehead atoms. The maximum absolute atomic E-state index is 10.5. The molecule has 0 aliphatic heterocycles. The minimum absolute atomic E-state index is 0.150. The number of rotatable bonds is 6. The van der Waals surface area contributed by atoms with Crippen LogP contribution in [0.5, 0.6) is 11.8 Å². The van der Waals surface area contributed by atoms with Gasteiger partial charge in [-0.15, -0.1) is 0 Å². The number of nitrogens with two attached hydrogens (primary N) is 1. The summed E-state index contributed by atoms with van der Waals surface area (Å²) < 4.78 is 15.3. The molecule has 1 aromatic carbocycles. The zero-order valence-electron chi connectivity index (χ0n) is 12.7. The van der Waals surface area contributed by atoms with Gasteiger partial charge in [-0.25, -0.2) is 0 Å². The largest absolute Gasteiger partial charge is 0.481 e. The molecule has 1 aromatic heterocycles. The maximum Gasteiger partial charge on any atom is 0.220 e. The lowest BCUT2D eigenvalue weighted by Gasteiger charge is -2.16. The number of ether oxygens (including phenoxy) is 3. The van der Waals surface area contributed by atoms with Crippen molar-refractivity contribution in [3.05, 3.63) is 41.2 Å². The molecule has 0 saturated heterocycles. The minimum atomic E-state index is -1.10. The summed E-state index contributed by atoms with van der Waals surface area (Å²) >= 11 is 0. The summed E-state index contributed by atoms with van der Waals surface area (Å²) in [4.78, 5) is 8.29. The zero-order chi connectivity index (χ0) is 16.1. The van der Waals surface area contributed by atoms with Crippen LogP contribution in [-0.4, -0.2) is 36.4 Å². The van der Waals surface area contributed by atoms with E-state index >= 15 is 0 Å². The highest BCUT2D eigenvalue weighted by molar-refractivity contribution is 5.55. The van der Waals surface area contributed by atoms with Crippen LogP contribution in [0.4, 0.5) is 5.69 Å². The van der Waals surface area contributed by atoms with Crippen LogP contribution in [0, 0.1) is 0 Å². The minimum Gasteiger partial charge on any atom is -0.481 e. The molecule has 3 N–H and O–H groups in total. The van der Waals surface area contributed by atoms with Gasteiger partial charge in [-0.05, 0) is 0 Å². The van der Waals surface area contributed by atoms with Gasteiger partial charge in [-0.1, -0.05) is 18.2 Å². The zero-order valence-corrected chi connectivity index (χ0v) is 12.7. The Morgan fingerprint density at radius 1 is 1.14 bits per heavy atom. The van der Waals surface area contributed by atoms with E-state index < -0.39 is 6.10 Å². The number of benzene rings is 1. The van der Waals surface area contributed by atoms with Gasteiger partial charge in [0.2, 0.25) is 11.8 Å². The fourth-order valence-electron chi connectivity index (χ4n) is 2.04. The molecular formula is C15H19N3O4. The van der Waals surface area contributed by atoms with Crippen LogP contribution in [0.15, 0.2) is 24.3 Å². The van der Waals surface area contributed by atoms with Gasteiger partial charge in [0.05, 0.1) is 26.9 Å². The van der Waals surface area contributed by atoms with E-state index in [1.807, 2.05) is 6.07 Å². The molecule has 7 nitrogen and oxygen atoms in total. The molecule has 2 rings (SSSR count). The first kappa shape index (κ1) is 16.0. The number of hydrogen-bond acceptors (Lipinski definition) is 7. The number of methoxy groups -OCH3 is 3. The van der Waals surface area contributed by atoms with Gasteiger partial charge >= 0.3 is 0 Å². The van der Waals surface area contributed by atoms with Crippen LogP contribution in [-0.2, 0) is 11.3 Å². The summed E-state index contributed by atoms with van der Waals surface area (Å²) in [6.07, 6.45) is -1.10. The monoisotopic (exact) mass is 305 g/mol.